The summed E-state index contributed by atoms with van der Waals surface area (Å²) in [5.41, 5.74) is 5.52. The van der Waals surface area contributed by atoms with Crippen molar-refractivity contribution < 1.29 is 19.1 Å². The molecule has 1 aromatic carbocycles. The third-order valence-corrected chi connectivity index (χ3v) is 4.55. The lowest BCUT2D eigenvalue weighted by Gasteiger charge is -2.21. The Kier molecular flexibility index (Phi) is 6.41. The second kappa shape index (κ2) is 8.53. The highest BCUT2D eigenvalue weighted by molar-refractivity contribution is 7.10. The first-order valence-electron chi connectivity index (χ1n) is 7.85. The fraction of sp³-hybridized carbons (Fsp3) is 0.333. The molecule has 134 valence electrons. The van der Waals surface area contributed by atoms with E-state index in [0.717, 1.165) is 4.88 Å². The highest BCUT2D eigenvalue weighted by Gasteiger charge is 2.21. The number of amides is 2. The third-order valence-electron chi connectivity index (χ3n) is 3.60. The summed E-state index contributed by atoms with van der Waals surface area (Å²) < 4.78 is 10.5. The van der Waals surface area contributed by atoms with Crippen LogP contribution in [0, 0.1) is 5.92 Å². The van der Waals surface area contributed by atoms with Gasteiger partial charge in [0.15, 0.2) is 18.1 Å². The number of benzene rings is 1. The molecule has 0 unspecified atom stereocenters. The Hall–Kier alpha value is -2.54. The Morgan fingerprint density at radius 3 is 2.56 bits per heavy atom. The Balaban J connectivity index is 2.16. The molecule has 3 N–H and O–H groups in total. The molecule has 2 aromatic rings. The van der Waals surface area contributed by atoms with Gasteiger partial charge in [-0.15, -0.1) is 11.3 Å². The number of ether oxygens (including phenoxy) is 2. The monoisotopic (exact) mass is 362 g/mol. The summed E-state index contributed by atoms with van der Waals surface area (Å²) >= 11 is 1.61. The molecule has 0 aliphatic rings. The van der Waals surface area contributed by atoms with Crippen molar-refractivity contribution in [2.24, 2.45) is 11.7 Å². The molecular weight excluding hydrogens is 340 g/mol. The minimum absolute atomic E-state index is 0.0655. The predicted molar refractivity (Wildman–Crippen MR) is 97.0 cm³/mol. The lowest BCUT2D eigenvalue weighted by molar-refractivity contribution is -0.119. The topological polar surface area (TPSA) is 90.7 Å². The largest absolute Gasteiger partial charge is 0.493 e. The van der Waals surface area contributed by atoms with E-state index in [2.05, 4.69) is 19.2 Å². The van der Waals surface area contributed by atoms with Crippen LogP contribution in [0.1, 0.15) is 35.1 Å². The summed E-state index contributed by atoms with van der Waals surface area (Å²) in [5, 5.41) is 5.05. The molecule has 2 amide bonds. The zero-order chi connectivity index (χ0) is 18.4. The maximum atomic E-state index is 12.6. The van der Waals surface area contributed by atoms with Gasteiger partial charge in [-0.1, -0.05) is 19.9 Å². The van der Waals surface area contributed by atoms with Crippen molar-refractivity contribution in [3.8, 4) is 11.5 Å². The summed E-state index contributed by atoms with van der Waals surface area (Å²) in [7, 11) is 1.47. The van der Waals surface area contributed by atoms with Crippen molar-refractivity contribution in [3.05, 3.63) is 46.2 Å². The van der Waals surface area contributed by atoms with Gasteiger partial charge >= 0.3 is 0 Å². The maximum absolute atomic E-state index is 12.6. The van der Waals surface area contributed by atoms with Gasteiger partial charge in [0, 0.05) is 10.4 Å². The maximum Gasteiger partial charge on any atom is 0.255 e. The molecule has 0 fully saturated rings. The van der Waals surface area contributed by atoms with E-state index >= 15 is 0 Å². The molecule has 1 atom stereocenters. The lowest BCUT2D eigenvalue weighted by Crippen LogP contribution is -2.31. The molecule has 0 bridgehead atoms. The fourth-order valence-corrected chi connectivity index (χ4v) is 3.29. The third kappa shape index (κ3) is 4.96. The number of nitrogens with one attached hydrogen (secondary N) is 1. The van der Waals surface area contributed by atoms with E-state index < -0.39 is 5.91 Å². The van der Waals surface area contributed by atoms with Gasteiger partial charge in [-0.05, 0) is 35.6 Å². The highest BCUT2D eigenvalue weighted by atomic mass is 32.1. The molecule has 25 heavy (non-hydrogen) atoms. The van der Waals surface area contributed by atoms with Gasteiger partial charge in [0.05, 0.1) is 13.2 Å². The summed E-state index contributed by atoms with van der Waals surface area (Å²) in [6, 6.07) is 8.71. The number of methoxy groups -OCH3 is 1. The number of carbonyl (C=O) groups excluding carboxylic acids is 2. The van der Waals surface area contributed by atoms with Crippen LogP contribution in [0.4, 0.5) is 0 Å². The molecule has 1 aromatic heterocycles. The number of primary amides is 1. The number of hydrogen-bond acceptors (Lipinski definition) is 5. The van der Waals surface area contributed by atoms with E-state index in [0.29, 0.717) is 17.1 Å². The number of hydrogen-bond donors (Lipinski definition) is 2. The van der Waals surface area contributed by atoms with E-state index in [1.54, 1.807) is 29.5 Å². The van der Waals surface area contributed by atoms with Gasteiger partial charge < -0.3 is 20.5 Å². The first-order chi connectivity index (χ1) is 11.9. The van der Waals surface area contributed by atoms with Crippen molar-refractivity contribution in [3.63, 3.8) is 0 Å². The molecular formula is C18H22N2O4S. The Morgan fingerprint density at radius 2 is 2.00 bits per heavy atom. The molecule has 6 nitrogen and oxygen atoms in total. The van der Waals surface area contributed by atoms with Crippen LogP contribution in [0.25, 0.3) is 0 Å². The normalized spacial score (nSPS) is 11.8. The Labute approximate surface area is 150 Å². The van der Waals surface area contributed by atoms with E-state index in [9.17, 15) is 9.59 Å². The lowest BCUT2D eigenvalue weighted by atomic mass is 10.0. The van der Waals surface area contributed by atoms with Crippen LogP contribution < -0.4 is 20.5 Å². The van der Waals surface area contributed by atoms with E-state index in [-0.39, 0.29) is 24.5 Å². The molecule has 0 spiro atoms. The van der Waals surface area contributed by atoms with Crippen LogP contribution in [-0.2, 0) is 4.79 Å². The van der Waals surface area contributed by atoms with E-state index in [4.69, 9.17) is 15.2 Å². The molecule has 0 aliphatic carbocycles. The summed E-state index contributed by atoms with van der Waals surface area (Å²) in [5.74, 6) is 0.191. The number of rotatable bonds is 8. The molecule has 0 aliphatic heterocycles. The van der Waals surface area contributed by atoms with Crippen molar-refractivity contribution in [2.45, 2.75) is 19.9 Å². The predicted octanol–water partition coefficient (Wildman–Crippen LogP) is 2.75. The summed E-state index contributed by atoms with van der Waals surface area (Å²) in [6.45, 7) is 3.87. The Bertz CT molecular complexity index is 729. The van der Waals surface area contributed by atoms with Crippen LogP contribution in [0.2, 0.25) is 0 Å². The average Bonchev–Trinajstić information content (AvgIpc) is 3.11. The Morgan fingerprint density at radius 1 is 1.24 bits per heavy atom. The van der Waals surface area contributed by atoms with Crippen molar-refractivity contribution in [2.75, 3.05) is 13.7 Å². The van der Waals surface area contributed by atoms with Crippen molar-refractivity contribution >= 4 is 23.2 Å². The van der Waals surface area contributed by atoms with Gasteiger partial charge in [-0.2, -0.15) is 0 Å². The number of nitrogens with two attached hydrogens (primary N) is 1. The van der Waals surface area contributed by atoms with Crippen molar-refractivity contribution in [1.82, 2.24) is 5.32 Å². The van der Waals surface area contributed by atoms with Gasteiger partial charge in [-0.25, -0.2) is 0 Å². The minimum atomic E-state index is -0.584. The van der Waals surface area contributed by atoms with E-state index in [1.165, 1.54) is 7.11 Å². The van der Waals surface area contributed by atoms with Gasteiger partial charge in [0.25, 0.3) is 11.8 Å². The van der Waals surface area contributed by atoms with Crippen molar-refractivity contribution in [1.29, 1.82) is 0 Å². The minimum Gasteiger partial charge on any atom is -0.493 e. The smallest absolute Gasteiger partial charge is 0.255 e. The quantitative estimate of drug-likeness (QED) is 0.755. The summed E-state index contributed by atoms with van der Waals surface area (Å²) in [6.07, 6.45) is 0. The zero-order valence-electron chi connectivity index (χ0n) is 14.4. The fourth-order valence-electron chi connectivity index (χ4n) is 2.34. The SMILES string of the molecule is COc1cc(C(=O)N[C@H](c2cccs2)C(C)C)ccc1OCC(N)=O. The van der Waals surface area contributed by atoms with Crippen LogP contribution in [0.3, 0.4) is 0 Å². The van der Waals surface area contributed by atoms with Crippen LogP contribution >= 0.6 is 11.3 Å². The van der Waals surface area contributed by atoms with Crippen LogP contribution in [0.5, 0.6) is 11.5 Å². The standard InChI is InChI=1S/C18H22N2O4S/c1-11(2)17(15-5-4-8-25-15)20-18(22)12-6-7-13(14(9-12)23-3)24-10-16(19)21/h4-9,11,17H,10H2,1-3H3,(H2,19,21)(H,20,22)/t17-/m0/s1. The van der Waals surface area contributed by atoms with Gasteiger partial charge in [0.2, 0.25) is 0 Å². The molecule has 0 radical (unpaired) electrons. The zero-order valence-corrected chi connectivity index (χ0v) is 15.3. The number of carbonyl (C=O) groups is 2. The molecule has 7 heteroatoms. The van der Waals surface area contributed by atoms with Gasteiger partial charge in [-0.3, -0.25) is 9.59 Å². The van der Waals surface area contributed by atoms with E-state index in [1.807, 2.05) is 17.5 Å². The number of thiophene rings is 1. The van der Waals surface area contributed by atoms with Crippen LogP contribution in [-0.4, -0.2) is 25.5 Å². The molecule has 2 rings (SSSR count). The molecule has 0 saturated heterocycles. The highest BCUT2D eigenvalue weighted by Crippen LogP contribution is 2.29. The van der Waals surface area contributed by atoms with Gasteiger partial charge in [0.1, 0.15) is 0 Å². The average molecular weight is 362 g/mol. The molecule has 1 heterocycles. The first-order valence-corrected chi connectivity index (χ1v) is 8.73. The second-order valence-electron chi connectivity index (χ2n) is 5.83. The van der Waals surface area contributed by atoms with Crippen LogP contribution in [0.15, 0.2) is 35.7 Å². The second-order valence-corrected chi connectivity index (χ2v) is 6.81. The summed E-state index contributed by atoms with van der Waals surface area (Å²) in [4.78, 5) is 24.6. The molecule has 0 saturated carbocycles. The first kappa shape index (κ1) is 18.8.